The van der Waals surface area contributed by atoms with Crippen LogP contribution in [0.15, 0.2) is 36.4 Å². The van der Waals surface area contributed by atoms with Crippen LogP contribution in [0, 0.1) is 41.9 Å². The van der Waals surface area contributed by atoms with E-state index in [-0.39, 0.29) is 11.5 Å². The number of nitrogens with zero attached hydrogens (tertiary/aromatic N) is 4. The SMILES string of the molecule is Cc1cc(C2=C(c3cccc(C#N)c3)NC(NC(=O)N3CCC(C)(C#N)C3)S2)cc(C)n1. The maximum absolute atomic E-state index is 12.9. The van der Waals surface area contributed by atoms with Gasteiger partial charge in [0.2, 0.25) is 0 Å². The fourth-order valence-electron chi connectivity index (χ4n) is 4.03. The molecule has 2 unspecified atom stereocenters. The summed E-state index contributed by atoms with van der Waals surface area (Å²) >= 11 is 1.52. The Bertz CT molecular complexity index is 1170. The van der Waals surface area contributed by atoms with Crippen LogP contribution in [0.5, 0.6) is 0 Å². The lowest BCUT2D eigenvalue weighted by Gasteiger charge is -2.22. The summed E-state index contributed by atoms with van der Waals surface area (Å²) in [5, 5.41) is 25.2. The average molecular weight is 445 g/mol. The van der Waals surface area contributed by atoms with Crippen LogP contribution in [0.4, 0.5) is 4.79 Å². The van der Waals surface area contributed by atoms with Crippen molar-refractivity contribution in [2.45, 2.75) is 32.7 Å². The molecule has 2 N–H and O–H groups in total. The molecule has 2 aliphatic rings. The van der Waals surface area contributed by atoms with Crippen LogP contribution in [0.3, 0.4) is 0 Å². The van der Waals surface area contributed by atoms with Crippen LogP contribution in [-0.4, -0.2) is 34.5 Å². The first-order valence-corrected chi connectivity index (χ1v) is 11.3. The fraction of sp³-hybridized carbons (Fsp3) is 0.333. The number of likely N-dealkylation sites (tertiary alicyclic amines) is 1. The van der Waals surface area contributed by atoms with Crippen molar-refractivity contribution in [1.29, 1.82) is 10.5 Å². The van der Waals surface area contributed by atoms with E-state index in [0.717, 1.165) is 33.1 Å². The number of amides is 2. The molecule has 1 aromatic heterocycles. The predicted molar refractivity (Wildman–Crippen MR) is 125 cm³/mol. The molecular weight excluding hydrogens is 420 g/mol. The highest BCUT2D eigenvalue weighted by atomic mass is 32.2. The zero-order chi connectivity index (χ0) is 22.9. The zero-order valence-electron chi connectivity index (χ0n) is 18.3. The standard InChI is InChI=1S/C24H24N6OS/c1-15-9-19(10-16(2)27-15)21-20(18-6-4-5-17(11-18)12-25)28-22(32-21)29-23(31)30-8-7-24(3,13-26)14-30/h4-6,9-11,22,28H,7-8,14H2,1-3H3,(H,29,31). The summed E-state index contributed by atoms with van der Waals surface area (Å²) in [6.07, 6.45) is 0.674. The van der Waals surface area contributed by atoms with E-state index in [1.54, 1.807) is 11.0 Å². The second-order valence-electron chi connectivity index (χ2n) is 8.47. The first-order chi connectivity index (χ1) is 15.3. The molecule has 2 atom stereocenters. The largest absolute Gasteiger partial charge is 0.355 e. The molecule has 4 rings (SSSR count). The van der Waals surface area contributed by atoms with Gasteiger partial charge in [-0.2, -0.15) is 10.5 Å². The number of aromatic nitrogens is 1. The number of nitriles is 2. The minimum Gasteiger partial charge on any atom is -0.355 e. The second kappa shape index (κ2) is 8.57. The number of rotatable bonds is 3. The summed E-state index contributed by atoms with van der Waals surface area (Å²) in [7, 11) is 0. The Morgan fingerprint density at radius 2 is 2.00 bits per heavy atom. The highest BCUT2D eigenvalue weighted by molar-refractivity contribution is 8.09. The molecule has 0 aliphatic carbocycles. The highest BCUT2D eigenvalue weighted by Gasteiger charge is 2.37. The van der Waals surface area contributed by atoms with E-state index in [9.17, 15) is 15.3 Å². The molecule has 0 radical (unpaired) electrons. The Labute approximate surface area is 192 Å². The Balaban J connectivity index is 1.61. The van der Waals surface area contributed by atoms with Gasteiger partial charge in [0.15, 0.2) is 5.50 Å². The van der Waals surface area contributed by atoms with E-state index in [4.69, 9.17) is 0 Å². The predicted octanol–water partition coefficient (Wildman–Crippen LogP) is 3.96. The van der Waals surface area contributed by atoms with Crippen molar-refractivity contribution in [3.05, 3.63) is 64.5 Å². The number of carbonyl (C=O) groups excluding carboxylic acids is 1. The van der Waals surface area contributed by atoms with Crippen LogP contribution in [0.25, 0.3) is 10.6 Å². The Morgan fingerprint density at radius 3 is 2.66 bits per heavy atom. The van der Waals surface area contributed by atoms with Gasteiger partial charge in [0, 0.05) is 34.9 Å². The Hall–Kier alpha value is -3.49. The molecule has 7 nitrogen and oxygen atoms in total. The van der Waals surface area contributed by atoms with E-state index >= 15 is 0 Å². The fourth-order valence-corrected chi connectivity index (χ4v) is 5.15. The maximum Gasteiger partial charge on any atom is 0.319 e. The number of benzene rings is 1. The lowest BCUT2D eigenvalue weighted by Crippen LogP contribution is -2.46. The maximum atomic E-state index is 12.9. The van der Waals surface area contributed by atoms with Crippen molar-refractivity contribution in [3.8, 4) is 12.1 Å². The van der Waals surface area contributed by atoms with Crippen molar-refractivity contribution >= 4 is 28.4 Å². The summed E-state index contributed by atoms with van der Waals surface area (Å²) in [5.74, 6) is 0. The molecule has 1 saturated heterocycles. The monoisotopic (exact) mass is 444 g/mol. The summed E-state index contributed by atoms with van der Waals surface area (Å²) in [6.45, 7) is 6.79. The third-order valence-corrected chi connectivity index (χ3v) is 6.79. The smallest absolute Gasteiger partial charge is 0.319 e. The molecule has 0 bridgehead atoms. The van der Waals surface area contributed by atoms with E-state index in [0.29, 0.717) is 25.1 Å². The van der Waals surface area contributed by atoms with E-state index in [1.807, 2.05) is 51.1 Å². The first-order valence-electron chi connectivity index (χ1n) is 10.4. The molecule has 0 spiro atoms. The van der Waals surface area contributed by atoms with Crippen LogP contribution in [-0.2, 0) is 0 Å². The number of aryl methyl sites for hydroxylation is 2. The van der Waals surface area contributed by atoms with Gasteiger partial charge >= 0.3 is 6.03 Å². The number of urea groups is 1. The molecule has 3 heterocycles. The van der Waals surface area contributed by atoms with Gasteiger partial charge in [0.1, 0.15) is 0 Å². The third-order valence-electron chi connectivity index (χ3n) is 5.65. The van der Waals surface area contributed by atoms with E-state index in [1.165, 1.54) is 11.8 Å². The van der Waals surface area contributed by atoms with Gasteiger partial charge in [-0.3, -0.25) is 4.98 Å². The van der Waals surface area contributed by atoms with Gasteiger partial charge in [-0.05, 0) is 57.0 Å². The molecule has 2 amide bonds. The number of carbonyl (C=O) groups is 1. The van der Waals surface area contributed by atoms with E-state index < -0.39 is 5.41 Å². The second-order valence-corrected chi connectivity index (χ2v) is 9.59. The molecular formula is C24H24N6OS. The highest BCUT2D eigenvalue weighted by Crippen LogP contribution is 2.42. The van der Waals surface area contributed by atoms with Crippen LogP contribution in [0.2, 0.25) is 0 Å². The quantitative estimate of drug-likeness (QED) is 0.742. The van der Waals surface area contributed by atoms with Crippen LogP contribution in [0.1, 0.15) is 41.4 Å². The topological polar surface area (TPSA) is 105 Å². The summed E-state index contributed by atoms with van der Waals surface area (Å²) in [6, 6.07) is 15.8. The molecule has 1 aromatic carbocycles. The van der Waals surface area contributed by atoms with Gasteiger partial charge in [-0.25, -0.2) is 4.79 Å². The summed E-state index contributed by atoms with van der Waals surface area (Å²) in [4.78, 5) is 20.0. The van der Waals surface area contributed by atoms with Gasteiger partial charge in [-0.15, -0.1) is 0 Å². The number of nitrogens with one attached hydrogen (secondary N) is 2. The summed E-state index contributed by atoms with van der Waals surface area (Å²) in [5.41, 5.74) is 4.30. The molecule has 2 aromatic rings. The lowest BCUT2D eigenvalue weighted by atomic mass is 9.92. The average Bonchev–Trinajstić information content (AvgIpc) is 3.38. The minimum atomic E-state index is -0.494. The van der Waals surface area contributed by atoms with Gasteiger partial charge < -0.3 is 15.5 Å². The summed E-state index contributed by atoms with van der Waals surface area (Å²) < 4.78 is 0. The lowest BCUT2D eigenvalue weighted by molar-refractivity contribution is 0.204. The third kappa shape index (κ3) is 4.42. The molecule has 2 aliphatic heterocycles. The minimum absolute atomic E-state index is 0.192. The van der Waals surface area contributed by atoms with Crippen molar-refractivity contribution in [1.82, 2.24) is 20.5 Å². The Morgan fingerprint density at radius 1 is 1.25 bits per heavy atom. The van der Waals surface area contributed by atoms with Crippen LogP contribution >= 0.6 is 11.8 Å². The normalized spacial score (nSPS) is 22.3. The first kappa shape index (κ1) is 21.7. The molecule has 0 saturated carbocycles. The van der Waals surface area contributed by atoms with Crippen molar-refractivity contribution in [3.63, 3.8) is 0 Å². The zero-order valence-corrected chi connectivity index (χ0v) is 19.1. The molecule has 32 heavy (non-hydrogen) atoms. The Kier molecular flexibility index (Phi) is 5.82. The van der Waals surface area contributed by atoms with Crippen molar-refractivity contribution < 1.29 is 4.79 Å². The van der Waals surface area contributed by atoms with Gasteiger partial charge in [0.05, 0.1) is 28.8 Å². The number of hydrogen-bond acceptors (Lipinski definition) is 6. The molecule has 8 heteroatoms. The van der Waals surface area contributed by atoms with Gasteiger partial charge in [-0.1, -0.05) is 23.9 Å². The van der Waals surface area contributed by atoms with E-state index in [2.05, 4.69) is 27.8 Å². The molecule has 1 fully saturated rings. The number of thioether (sulfide) groups is 1. The number of pyridine rings is 1. The molecule has 162 valence electrons. The van der Waals surface area contributed by atoms with Gasteiger partial charge in [0.25, 0.3) is 0 Å². The number of hydrogen-bond donors (Lipinski definition) is 2. The van der Waals surface area contributed by atoms with Crippen molar-refractivity contribution in [2.24, 2.45) is 5.41 Å². The van der Waals surface area contributed by atoms with Crippen LogP contribution < -0.4 is 10.6 Å². The van der Waals surface area contributed by atoms with Crippen molar-refractivity contribution in [2.75, 3.05) is 13.1 Å².